The van der Waals surface area contributed by atoms with E-state index in [2.05, 4.69) is 25.3 Å². The van der Waals surface area contributed by atoms with Crippen molar-refractivity contribution in [2.75, 3.05) is 23.8 Å². The van der Waals surface area contributed by atoms with Gasteiger partial charge in [0.25, 0.3) is 0 Å². The number of hydrogen-bond acceptors (Lipinski definition) is 8. The van der Waals surface area contributed by atoms with Crippen molar-refractivity contribution in [3.8, 4) is 0 Å². The van der Waals surface area contributed by atoms with Gasteiger partial charge in [0, 0.05) is 25.6 Å². The highest BCUT2D eigenvalue weighted by Gasteiger charge is 2.08. The third-order valence-corrected chi connectivity index (χ3v) is 3.05. The summed E-state index contributed by atoms with van der Waals surface area (Å²) in [6, 6.07) is 3.34. The Labute approximate surface area is 115 Å². The summed E-state index contributed by atoms with van der Waals surface area (Å²) in [6.07, 6.45) is 0.753. The van der Waals surface area contributed by atoms with Gasteiger partial charge in [-0.05, 0) is 11.8 Å². The van der Waals surface area contributed by atoms with Crippen molar-refractivity contribution in [2.24, 2.45) is 0 Å². The van der Waals surface area contributed by atoms with Gasteiger partial charge in [0.1, 0.15) is 28.3 Å². The van der Waals surface area contributed by atoms with Crippen LogP contribution in [0, 0.1) is 0 Å². The standard InChI is InChI=1S/C11H15N7S/c1-3-8-17-9(14-2)5-10(18-8)19-11-15-6(12)4-7(13)16-11/h4-5H,3H2,1-2H3,(H,14,17,18)(H4,12,13,15,16). The molecular weight excluding hydrogens is 262 g/mol. The van der Waals surface area contributed by atoms with E-state index in [9.17, 15) is 0 Å². The highest BCUT2D eigenvalue weighted by molar-refractivity contribution is 7.99. The molecule has 19 heavy (non-hydrogen) atoms. The van der Waals surface area contributed by atoms with E-state index in [4.69, 9.17) is 11.5 Å². The molecule has 0 radical (unpaired) electrons. The maximum absolute atomic E-state index is 5.64. The predicted octanol–water partition coefficient (Wildman–Crippen LogP) is 1.19. The van der Waals surface area contributed by atoms with Crippen LogP contribution in [0.1, 0.15) is 12.7 Å². The summed E-state index contributed by atoms with van der Waals surface area (Å²) in [7, 11) is 1.81. The number of aromatic nitrogens is 4. The molecule has 2 aromatic rings. The molecule has 0 aliphatic carbocycles. The predicted molar refractivity (Wildman–Crippen MR) is 75.9 cm³/mol. The highest BCUT2D eigenvalue weighted by Crippen LogP contribution is 2.25. The Morgan fingerprint density at radius 3 is 2.37 bits per heavy atom. The van der Waals surface area contributed by atoms with Gasteiger partial charge in [-0.15, -0.1) is 0 Å². The van der Waals surface area contributed by atoms with Gasteiger partial charge in [0.05, 0.1) is 0 Å². The topological polar surface area (TPSA) is 116 Å². The maximum Gasteiger partial charge on any atom is 0.197 e. The molecule has 0 saturated heterocycles. The van der Waals surface area contributed by atoms with Crippen LogP contribution < -0.4 is 16.8 Å². The Bertz CT molecular complexity index is 545. The van der Waals surface area contributed by atoms with Crippen LogP contribution in [-0.4, -0.2) is 27.0 Å². The monoisotopic (exact) mass is 277 g/mol. The number of nitrogens with zero attached hydrogens (tertiary/aromatic N) is 4. The van der Waals surface area contributed by atoms with Crippen LogP contribution in [0.2, 0.25) is 0 Å². The van der Waals surface area contributed by atoms with Crippen molar-refractivity contribution in [3.05, 3.63) is 18.0 Å². The molecule has 0 aliphatic heterocycles. The molecule has 100 valence electrons. The van der Waals surface area contributed by atoms with Gasteiger partial charge in [-0.25, -0.2) is 19.9 Å². The Morgan fingerprint density at radius 2 is 1.79 bits per heavy atom. The SMILES string of the molecule is CCc1nc(NC)cc(Sc2nc(N)cc(N)n2)n1. The fraction of sp³-hybridized carbons (Fsp3) is 0.273. The summed E-state index contributed by atoms with van der Waals surface area (Å²) in [4.78, 5) is 16.9. The molecule has 0 aliphatic rings. The van der Waals surface area contributed by atoms with E-state index in [1.807, 2.05) is 20.0 Å². The van der Waals surface area contributed by atoms with Crippen molar-refractivity contribution in [2.45, 2.75) is 23.5 Å². The molecule has 0 unspecified atom stereocenters. The fourth-order valence-electron chi connectivity index (χ4n) is 1.41. The Hall–Kier alpha value is -2.09. The van der Waals surface area contributed by atoms with E-state index in [-0.39, 0.29) is 0 Å². The molecule has 0 saturated carbocycles. The van der Waals surface area contributed by atoms with Crippen molar-refractivity contribution in [3.63, 3.8) is 0 Å². The van der Waals surface area contributed by atoms with Crippen molar-refractivity contribution in [1.82, 2.24) is 19.9 Å². The summed E-state index contributed by atoms with van der Waals surface area (Å²) in [5.41, 5.74) is 11.3. The lowest BCUT2D eigenvalue weighted by Gasteiger charge is -2.06. The molecule has 0 aromatic carbocycles. The summed E-state index contributed by atoms with van der Waals surface area (Å²) in [5, 5.41) is 4.22. The number of anilines is 3. The Morgan fingerprint density at radius 1 is 1.11 bits per heavy atom. The third-order valence-electron chi connectivity index (χ3n) is 2.26. The molecule has 8 heteroatoms. The smallest absolute Gasteiger partial charge is 0.197 e. The molecule has 0 spiro atoms. The number of aryl methyl sites for hydroxylation is 1. The Kier molecular flexibility index (Phi) is 4.00. The van der Waals surface area contributed by atoms with Crippen LogP contribution >= 0.6 is 11.8 Å². The average molecular weight is 277 g/mol. The summed E-state index contributed by atoms with van der Waals surface area (Å²) >= 11 is 1.30. The van der Waals surface area contributed by atoms with Crippen LogP contribution in [-0.2, 0) is 6.42 Å². The minimum atomic E-state index is 0.341. The highest BCUT2D eigenvalue weighted by atomic mass is 32.2. The average Bonchev–Trinajstić information content (AvgIpc) is 2.37. The first-order chi connectivity index (χ1) is 9.10. The van der Waals surface area contributed by atoms with Gasteiger partial charge < -0.3 is 16.8 Å². The minimum absolute atomic E-state index is 0.341. The number of nitrogen functional groups attached to an aromatic ring is 2. The quantitative estimate of drug-likeness (QED) is 0.563. The number of nitrogens with one attached hydrogen (secondary N) is 1. The van der Waals surface area contributed by atoms with Gasteiger partial charge in [-0.1, -0.05) is 6.92 Å². The summed E-state index contributed by atoms with van der Waals surface area (Å²) < 4.78 is 0. The molecule has 5 N–H and O–H groups in total. The molecule has 2 rings (SSSR count). The maximum atomic E-state index is 5.64. The second-order valence-electron chi connectivity index (χ2n) is 3.71. The minimum Gasteiger partial charge on any atom is -0.383 e. The first kappa shape index (κ1) is 13.3. The van der Waals surface area contributed by atoms with Crippen LogP contribution in [0.5, 0.6) is 0 Å². The first-order valence-electron chi connectivity index (χ1n) is 5.74. The van der Waals surface area contributed by atoms with Crippen LogP contribution in [0.25, 0.3) is 0 Å². The van der Waals surface area contributed by atoms with Gasteiger partial charge >= 0.3 is 0 Å². The van der Waals surface area contributed by atoms with Gasteiger partial charge in [-0.3, -0.25) is 0 Å². The van der Waals surface area contributed by atoms with Crippen molar-refractivity contribution < 1.29 is 0 Å². The van der Waals surface area contributed by atoms with Crippen LogP contribution in [0.15, 0.2) is 22.3 Å². The molecule has 0 amide bonds. The fourth-order valence-corrected chi connectivity index (χ4v) is 2.22. The number of hydrogen-bond donors (Lipinski definition) is 3. The Balaban J connectivity index is 2.31. The third kappa shape index (κ3) is 3.44. The summed E-state index contributed by atoms with van der Waals surface area (Å²) in [5.74, 6) is 2.19. The normalized spacial score (nSPS) is 10.4. The molecule has 0 bridgehead atoms. The molecule has 7 nitrogen and oxygen atoms in total. The zero-order valence-electron chi connectivity index (χ0n) is 10.7. The van der Waals surface area contributed by atoms with E-state index < -0.39 is 0 Å². The second kappa shape index (κ2) is 5.70. The number of nitrogens with two attached hydrogens (primary N) is 2. The van der Waals surface area contributed by atoms with Crippen molar-refractivity contribution in [1.29, 1.82) is 0 Å². The molecule has 2 heterocycles. The lowest BCUT2D eigenvalue weighted by Crippen LogP contribution is -2.02. The van der Waals surface area contributed by atoms with E-state index in [0.717, 1.165) is 23.1 Å². The van der Waals surface area contributed by atoms with Crippen LogP contribution in [0.4, 0.5) is 17.5 Å². The van der Waals surface area contributed by atoms with E-state index >= 15 is 0 Å². The lowest BCUT2D eigenvalue weighted by molar-refractivity contribution is 0.886. The van der Waals surface area contributed by atoms with E-state index in [1.165, 1.54) is 17.8 Å². The largest absolute Gasteiger partial charge is 0.383 e. The lowest BCUT2D eigenvalue weighted by atomic mass is 10.4. The van der Waals surface area contributed by atoms with Crippen molar-refractivity contribution >= 4 is 29.2 Å². The zero-order chi connectivity index (χ0) is 13.8. The zero-order valence-corrected chi connectivity index (χ0v) is 11.5. The molecule has 0 fully saturated rings. The van der Waals surface area contributed by atoms with Crippen LogP contribution in [0.3, 0.4) is 0 Å². The molecule has 0 atom stereocenters. The molecule has 2 aromatic heterocycles. The number of rotatable bonds is 4. The first-order valence-corrected chi connectivity index (χ1v) is 6.56. The van der Waals surface area contributed by atoms with Gasteiger partial charge in [0.2, 0.25) is 0 Å². The second-order valence-corrected chi connectivity index (χ2v) is 4.70. The van der Waals surface area contributed by atoms with E-state index in [0.29, 0.717) is 16.8 Å². The molecular formula is C11H15N7S. The summed E-state index contributed by atoms with van der Waals surface area (Å²) in [6.45, 7) is 2.00. The van der Waals surface area contributed by atoms with Gasteiger partial charge in [0.15, 0.2) is 5.16 Å². The van der Waals surface area contributed by atoms with E-state index in [1.54, 1.807) is 0 Å². The van der Waals surface area contributed by atoms with Gasteiger partial charge in [-0.2, -0.15) is 0 Å².